The van der Waals surface area contributed by atoms with Gasteiger partial charge in [-0.25, -0.2) is 0 Å². The summed E-state index contributed by atoms with van der Waals surface area (Å²) in [6, 6.07) is 17.0. The minimum Gasteiger partial charge on any atom is -0.497 e. The van der Waals surface area contributed by atoms with Gasteiger partial charge in [0, 0.05) is 16.5 Å². The Morgan fingerprint density at radius 3 is 2.68 bits per heavy atom. The lowest BCUT2D eigenvalue weighted by molar-refractivity contribution is -0.115. The predicted octanol–water partition coefficient (Wildman–Crippen LogP) is 4.25. The van der Waals surface area contributed by atoms with E-state index in [4.69, 9.17) is 9.26 Å². The summed E-state index contributed by atoms with van der Waals surface area (Å²) in [6.07, 6.45) is 2.13. The highest BCUT2D eigenvalue weighted by Gasteiger charge is 2.12. The first-order valence-electron chi connectivity index (χ1n) is 7.72. The van der Waals surface area contributed by atoms with Gasteiger partial charge in [0.15, 0.2) is 5.76 Å². The van der Waals surface area contributed by atoms with Crippen molar-refractivity contribution in [3.63, 3.8) is 0 Å². The molecule has 0 saturated heterocycles. The molecular formula is C19H18N2O3S. The fourth-order valence-electron chi connectivity index (χ4n) is 2.39. The van der Waals surface area contributed by atoms with Crippen LogP contribution in [0.5, 0.6) is 5.75 Å². The summed E-state index contributed by atoms with van der Waals surface area (Å²) in [7, 11) is 1.62. The van der Waals surface area contributed by atoms with Gasteiger partial charge in [0.1, 0.15) is 5.75 Å². The average molecular weight is 354 g/mol. The van der Waals surface area contributed by atoms with Gasteiger partial charge in [-0.1, -0.05) is 17.3 Å². The molecule has 25 heavy (non-hydrogen) atoms. The molecule has 1 aromatic heterocycles. The lowest BCUT2D eigenvalue weighted by Gasteiger charge is -2.08. The number of thioether (sulfide) groups is 1. The molecule has 3 aromatic rings. The van der Waals surface area contributed by atoms with E-state index in [0.717, 1.165) is 21.9 Å². The Hall–Kier alpha value is -2.73. The number of rotatable bonds is 6. The lowest BCUT2D eigenvalue weighted by Crippen LogP contribution is -2.15. The van der Waals surface area contributed by atoms with Crippen LogP contribution in [0.1, 0.15) is 5.69 Å². The summed E-state index contributed by atoms with van der Waals surface area (Å²) >= 11 is 1.59. The van der Waals surface area contributed by atoms with Crippen LogP contribution >= 0.6 is 11.8 Å². The molecule has 1 amide bonds. The first-order chi connectivity index (χ1) is 12.2. The Labute approximate surface area is 150 Å². The zero-order valence-corrected chi connectivity index (χ0v) is 14.8. The highest BCUT2D eigenvalue weighted by atomic mass is 32.2. The average Bonchev–Trinajstić information content (AvgIpc) is 3.10. The quantitative estimate of drug-likeness (QED) is 0.670. The predicted molar refractivity (Wildman–Crippen MR) is 99.0 cm³/mol. The number of anilines is 1. The topological polar surface area (TPSA) is 64.4 Å². The summed E-state index contributed by atoms with van der Waals surface area (Å²) in [5.74, 6) is 1.27. The maximum atomic E-state index is 12.3. The third-order valence-electron chi connectivity index (χ3n) is 3.66. The molecule has 1 heterocycles. The molecule has 0 atom stereocenters. The lowest BCUT2D eigenvalue weighted by atomic mass is 10.1. The Morgan fingerprint density at radius 1 is 1.20 bits per heavy atom. The maximum absolute atomic E-state index is 12.3. The van der Waals surface area contributed by atoms with Crippen molar-refractivity contribution < 1.29 is 14.1 Å². The second-order valence-electron chi connectivity index (χ2n) is 5.34. The fraction of sp³-hybridized carbons (Fsp3) is 0.158. The van der Waals surface area contributed by atoms with Crippen LogP contribution in [0, 0.1) is 0 Å². The van der Waals surface area contributed by atoms with Gasteiger partial charge in [0.2, 0.25) is 5.91 Å². The Kier molecular flexibility index (Phi) is 5.40. The van der Waals surface area contributed by atoms with Crippen molar-refractivity contribution in [2.24, 2.45) is 0 Å². The van der Waals surface area contributed by atoms with E-state index in [0.29, 0.717) is 11.5 Å². The molecule has 1 N–H and O–H groups in total. The summed E-state index contributed by atoms with van der Waals surface area (Å²) in [5.41, 5.74) is 2.27. The van der Waals surface area contributed by atoms with Crippen LogP contribution in [0.25, 0.3) is 11.3 Å². The summed E-state index contributed by atoms with van der Waals surface area (Å²) < 4.78 is 10.5. The number of ether oxygens (including phenoxy) is 1. The number of nitrogens with one attached hydrogen (secondary N) is 1. The van der Waals surface area contributed by atoms with Crippen molar-refractivity contribution in [3.8, 4) is 17.1 Å². The molecule has 0 spiro atoms. The van der Waals surface area contributed by atoms with Gasteiger partial charge >= 0.3 is 0 Å². The number of para-hydroxylation sites is 1. The van der Waals surface area contributed by atoms with Gasteiger partial charge in [-0.3, -0.25) is 4.79 Å². The second-order valence-corrected chi connectivity index (χ2v) is 6.18. The molecule has 0 fully saturated rings. The summed E-state index contributed by atoms with van der Waals surface area (Å²) in [6.45, 7) is 0. The molecular weight excluding hydrogens is 336 g/mol. The first-order valence-corrected chi connectivity index (χ1v) is 8.95. The smallest absolute Gasteiger partial charge is 0.230 e. The van der Waals surface area contributed by atoms with Crippen LogP contribution in [0.15, 0.2) is 64.0 Å². The number of carbonyl (C=O) groups is 1. The number of benzene rings is 2. The number of amides is 1. The second kappa shape index (κ2) is 7.90. The van der Waals surface area contributed by atoms with Crippen molar-refractivity contribution in [1.82, 2.24) is 5.16 Å². The number of nitrogens with zero attached hydrogens (tertiary/aromatic N) is 1. The molecule has 5 nitrogen and oxygen atoms in total. The van der Waals surface area contributed by atoms with Gasteiger partial charge in [-0.2, -0.15) is 0 Å². The van der Waals surface area contributed by atoms with E-state index < -0.39 is 0 Å². The van der Waals surface area contributed by atoms with E-state index in [9.17, 15) is 4.79 Å². The molecule has 128 valence electrons. The largest absolute Gasteiger partial charge is 0.497 e. The fourth-order valence-corrected chi connectivity index (χ4v) is 2.95. The normalized spacial score (nSPS) is 10.5. The zero-order chi connectivity index (χ0) is 17.6. The molecule has 0 saturated carbocycles. The monoisotopic (exact) mass is 354 g/mol. The van der Waals surface area contributed by atoms with E-state index in [1.54, 1.807) is 24.9 Å². The van der Waals surface area contributed by atoms with Crippen LogP contribution < -0.4 is 10.1 Å². The van der Waals surface area contributed by atoms with Crippen molar-refractivity contribution in [3.05, 3.63) is 60.3 Å². The number of hydrogen-bond donors (Lipinski definition) is 1. The minimum atomic E-state index is -0.129. The zero-order valence-electron chi connectivity index (χ0n) is 14.0. The number of aromatic nitrogens is 1. The van der Waals surface area contributed by atoms with E-state index in [1.807, 2.05) is 54.8 Å². The van der Waals surface area contributed by atoms with Crippen LogP contribution in [-0.4, -0.2) is 24.4 Å². The van der Waals surface area contributed by atoms with Crippen molar-refractivity contribution >= 4 is 23.4 Å². The van der Waals surface area contributed by atoms with Crippen molar-refractivity contribution in [2.75, 3.05) is 18.7 Å². The Balaban J connectivity index is 1.67. The van der Waals surface area contributed by atoms with Crippen molar-refractivity contribution in [2.45, 2.75) is 11.3 Å². The van der Waals surface area contributed by atoms with Crippen LogP contribution in [-0.2, 0) is 11.2 Å². The molecule has 0 aliphatic rings. The van der Waals surface area contributed by atoms with Crippen LogP contribution in [0.2, 0.25) is 0 Å². The molecule has 0 unspecified atom stereocenters. The standard InChI is InChI=1S/C19H18N2O3S/c1-23-15-9-7-13(8-10-15)17-11-14(21-24-17)12-19(22)20-16-5-3-4-6-18(16)25-2/h3-11H,12H2,1-2H3,(H,20,22). The van der Waals surface area contributed by atoms with Crippen molar-refractivity contribution in [1.29, 1.82) is 0 Å². The first kappa shape index (κ1) is 17.1. The van der Waals surface area contributed by atoms with E-state index in [1.165, 1.54) is 0 Å². The van der Waals surface area contributed by atoms with Gasteiger partial charge in [0.25, 0.3) is 0 Å². The van der Waals surface area contributed by atoms with Crippen LogP contribution in [0.3, 0.4) is 0 Å². The SMILES string of the molecule is COc1ccc(-c2cc(CC(=O)Nc3ccccc3SC)no2)cc1. The molecule has 0 radical (unpaired) electrons. The number of methoxy groups -OCH3 is 1. The van der Waals surface area contributed by atoms with Gasteiger partial charge in [-0.05, 0) is 42.7 Å². The molecule has 0 bridgehead atoms. The van der Waals surface area contributed by atoms with Gasteiger partial charge < -0.3 is 14.6 Å². The molecule has 0 aliphatic carbocycles. The van der Waals surface area contributed by atoms with E-state index in [-0.39, 0.29) is 12.3 Å². The number of hydrogen-bond acceptors (Lipinski definition) is 5. The minimum absolute atomic E-state index is 0.129. The summed E-state index contributed by atoms with van der Waals surface area (Å²) in [4.78, 5) is 13.3. The molecule has 0 aliphatic heterocycles. The Morgan fingerprint density at radius 2 is 1.96 bits per heavy atom. The maximum Gasteiger partial charge on any atom is 0.230 e. The van der Waals surface area contributed by atoms with Gasteiger partial charge in [-0.15, -0.1) is 11.8 Å². The van der Waals surface area contributed by atoms with E-state index >= 15 is 0 Å². The van der Waals surface area contributed by atoms with Gasteiger partial charge in [0.05, 0.1) is 24.9 Å². The third kappa shape index (κ3) is 4.22. The van der Waals surface area contributed by atoms with E-state index in [2.05, 4.69) is 10.5 Å². The highest BCUT2D eigenvalue weighted by Crippen LogP contribution is 2.25. The molecule has 6 heteroatoms. The Bertz CT molecular complexity index is 859. The third-order valence-corrected chi connectivity index (χ3v) is 4.45. The molecule has 3 rings (SSSR count). The highest BCUT2D eigenvalue weighted by molar-refractivity contribution is 7.98. The summed E-state index contributed by atoms with van der Waals surface area (Å²) in [5, 5.41) is 6.90. The molecule has 2 aromatic carbocycles. The number of carbonyl (C=O) groups excluding carboxylic acids is 1. The van der Waals surface area contributed by atoms with Crippen LogP contribution in [0.4, 0.5) is 5.69 Å².